The van der Waals surface area contributed by atoms with Crippen molar-refractivity contribution in [3.8, 4) is 5.75 Å². The third kappa shape index (κ3) is 5.26. The van der Waals surface area contributed by atoms with Gasteiger partial charge < -0.3 is 15.7 Å². The minimum absolute atomic E-state index is 0.0176. The highest BCUT2D eigenvalue weighted by Crippen LogP contribution is 2.24. The number of nitrogens with one attached hydrogen (secondary N) is 2. The van der Waals surface area contributed by atoms with Gasteiger partial charge in [-0.15, -0.1) is 0 Å². The van der Waals surface area contributed by atoms with Gasteiger partial charge in [0, 0.05) is 18.2 Å². The van der Waals surface area contributed by atoms with E-state index in [0.717, 1.165) is 0 Å². The lowest BCUT2D eigenvalue weighted by Gasteiger charge is -2.16. The van der Waals surface area contributed by atoms with Crippen LogP contribution in [0.4, 0.5) is 4.39 Å². The minimum atomic E-state index is -0.411. The molecule has 0 aromatic heterocycles. The van der Waals surface area contributed by atoms with Gasteiger partial charge in [0.05, 0.1) is 6.54 Å². The summed E-state index contributed by atoms with van der Waals surface area (Å²) in [4.78, 5) is 11.5. The second-order valence-corrected chi connectivity index (χ2v) is 5.00. The number of hydrogen-bond donors (Lipinski definition) is 3. The van der Waals surface area contributed by atoms with Crippen LogP contribution in [0, 0.1) is 11.7 Å². The third-order valence-corrected chi connectivity index (χ3v) is 2.73. The van der Waals surface area contributed by atoms with Gasteiger partial charge in [0.1, 0.15) is 11.6 Å². The summed E-state index contributed by atoms with van der Waals surface area (Å²) < 4.78 is 13.1. The zero-order chi connectivity index (χ0) is 14.4. The van der Waals surface area contributed by atoms with Crippen LogP contribution < -0.4 is 10.6 Å². The molecule has 1 rings (SSSR count). The number of hydrogen-bond acceptors (Lipinski definition) is 3. The SMILES string of the molecule is CC(C)CNC(=O)CNC(C)c1cc(F)ccc1O. The fourth-order valence-electron chi connectivity index (χ4n) is 1.61. The van der Waals surface area contributed by atoms with Crippen LogP contribution in [-0.4, -0.2) is 24.1 Å². The molecular weight excluding hydrogens is 247 g/mol. The maximum absolute atomic E-state index is 13.1. The van der Waals surface area contributed by atoms with E-state index in [1.807, 2.05) is 13.8 Å². The summed E-state index contributed by atoms with van der Waals surface area (Å²) in [6.07, 6.45) is 0. The molecule has 0 spiro atoms. The summed E-state index contributed by atoms with van der Waals surface area (Å²) in [5.41, 5.74) is 0.441. The van der Waals surface area contributed by atoms with Crippen LogP contribution in [0.15, 0.2) is 18.2 Å². The van der Waals surface area contributed by atoms with Crippen molar-refractivity contribution in [1.29, 1.82) is 0 Å². The lowest BCUT2D eigenvalue weighted by atomic mass is 10.1. The number of phenolic OH excluding ortho intramolecular Hbond substituents is 1. The lowest BCUT2D eigenvalue weighted by molar-refractivity contribution is -0.120. The first-order valence-electron chi connectivity index (χ1n) is 6.38. The molecule has 0 aliphatic carbocycles. The van der Waals surface area contributed by atoms with Gasteiger partial charge in [0.25, 0.3) is 0 Å². The summed E-state index contributed by atoms with van der Waals surface area (Å²) in [7, 11) is 0. The molecule has 0 aliphatic heterocycles. The predicted molar refractivity (Wildman–Crippen MR) is 72.3 cm³/mol. The normalized spacial score (nSPS) is 12.5. The summed E-state index contributed by atoms with van der Waals surface area (Å²) in [6, 6.07) is 3.46. The first kappa shape index (κ1) is 15.4. The smallest absolute Gasteiger partial charge is 0.233 e. The van der Waals surface area contributed by atoms with Crippen molar-refractivity contribution in [2.24, 2.45) is 5.92 Å². The van der Waals surface area contributed by atoms with E-state index < -0.39 is 5.82 Å². The fourth-order valence-corrected chi connectivity index (χ4v) is 1.61. The van der Waals surface area contributed by atoms with E-state index in [0.29, 0.717) is 18.0 Å². The Hall–Kier alpha value is -1.62. The van der Waals surface area contributed by atoms with Gasteiger partial charge in [-0.2, -0.15) is 0 Å². The maximum Gasteiger partial charge on any atom is 0.233 e. The number of phenols is 1. The van der Waals surface area contributed by atoms with Gasteiger partial charge in [-0.3, -0.25) is 4.79 Å². The van der Waals surface area contributed by atoms with Crippen LogP contribution in [0.3, 0.4) is 0 Å². The number of carbonyl (C=O) groups excluding carboxylic acids is 1. The molecule has 1 amide bonds. The zero-order valence-corrected chi connectivity index (χ0v) is 11.5. The molecule has 0 fully saturated rings. The number of amides is 1. The Bertz CT molecular complexity index is 435. The van der Waals surface area contributed by atoms with Gasteiger partial charge in [-0.05, 0) is 31.0 Å². The van der Waals surface area contributed by atoms with Crippen molar-refractivity contribution in [2.75, 3.05) is 13.1 Å². The summed E-state index contributed by atoms with van der Waals surface area (Å²) in [5, 5.41) is 15.4. The molecule has 1 aromatic carbocycles. The molecule has 1 unspecified atom stereocenters. The Balaban J connectivity index is 2.49. The molecule has 1 aromatic rings. The first-order chi connectivity index (χ1) is 8.90. The second kappa shape index (κ2) is 7.09. The van der Waals surface area contributed by atoms with Gasteiger partial charge >= 0.3 is 0 Å². The number of halogens is 1. The highest BCUT2D eigenvalue weighted by Gasteiger charge is 2.12. The van der Waals surface area contributed by atoms with Crippen molar-refractivity contribution in [3.63, 3.8) is 0 Å². The van der Waals surface area contributed by atoms with Crippen molar-refractivity contribution in [3.05, 3.63) is 29.6 Å². The van der Waals surface area contributed by atoms with Crippen LogP contribution in [0.25, 0.3) is 0 Å². The lowest BCUT2D eigenvalue weighted by Crippen LogP contribution is -2.36. The number of benzene rings is 1. The molecule has 0 heterocycles. The standard InChI is InChI=1S/C14H21FN2O2/c1-9(2)7-17-14(19)8-16-10(3)12-6-11(15)4-5-13(12)18/h4-6,9-10,16,18H,7-8H2,1-3H3,(H,17,19). The number of carbonyl (C=O) groups is 1. The van der Waals surface area contributed by atoms with Crippen molar-refractivity contribution in [2.45, 2.75) is 26.8 Å². The maximum atomic E-state index is 13.1. The molecule has 0 aliphatic rings. The summed E-state index contributed by atoms with van der Waals surface area (Å²) in [6.45, 7) is 6.55. The molecule has 0 saturated carbocycles. The van der Waals surface area contributed by atoms with Crippen LogP contribution >= 0.6 is 0 Å². The average Bonchev–Trinajstić information content (AvgIpc) is 2.36. The van der Waals surface area contributed by atoms with E-state index in [2.05, 4.69) is 10.6 Å². The topological polar surface area (TPSA) is 61.4 Å². The molecule has 3 N–H and O–H groups in total. The molecule has 0 saturated heterocycles. The van der Waals surface area contributed by atoms with Gasteiger partial charge in [0.15, 0.2) is 0 Å². The third-order valence-electron chi connectivity index (χ3n) is 2.73. The van der Waals surface area contributed by atoms with E-state index in [1.54, 1.807) is 6.92 Å². The van der Waals surface area contributed by atoms with Crippen molar-refractivity contribution in [1.82, 2.24) is 10.6 Å². The molecule has 1 atom stereocenters. The van der Waals surface area contributed by atoms with Crippen LogP contribution in [0.2, 0.25) is 0 Å². The van der Waals surface area contributed by atoms with E-state index in [4.69, 9.17) is 0 Å². The largest absolute Gasteiger partial charge is 0.508 e. The predicted octanol–water partition coefficient (Wildman–Crippen LogP) is 1.95. The Morgan fingerprint density at radius 1 is 1.37 bits per heavy atom. The van der Waals surface area contributed by atoms with Crippen molar-refractivity contribution >= 4 is 5.91 Å². The molecule has 19 heavy (non-hydrogen) atoms. The van der Waals surface area contributed by atoms with Crippen LogP contribution in [-0.2, 0) is 4.79 Å². The molecular formula is C14H21FN2O2. The number of aromatic hydroxyl groups is 1. The fraction of sp³-hybridized carbons (Fsp3) is 0.500. The van der Waals surface area contributed by atoms with Crippen LogP contribution in [0.5, 0.6) is 5.75 Å². The highest BCUT2D eigenvalue weighted by atomic mass is 19.1. The van der Waals surface area contributed by atoms with E-state index >= 15 is 0 Å². The quantitative estimate of drug-likeness (QED) is 0.739. The van der Waals surface area contributed by atoms with Gasteiger partial charge in [-0.1, -0.05) is 13.8 Å². The zero-order valence-electron chi connectivity index (χ0n) is 11.5. The van der Waals surface area contributed by atoms with Crippen molar-refractivity contribution < 1.29 is 14.3 Å². The molecule has 5 heteroatoms. The Morgan fingerprint density at radius 2 is 2.05 bits per heavy atom. The summed E-state index contributed by atoms with van der Waals surface area (Å²) >= 11 is 0. The molecule has 106 valence electrons. The Morgan fingerprint density at radius 3 is 2.68 bits per heavy atom. The molecule has 0 bridgehead atoms. The highest BCUT2D eigenvalue weighted by molar-refractivity contribution is 5.78. The van der Waals surface area contributed by atoms with Gasteiger partial charge in [0.2, 0.25) is 5.91 Å². The van der Waals surface area contributed by atoms with E-state index in [9.17, 15) is 14.3 Å². The number of rotatable bonds is 6. The monoisotopic (exact) mass is 268 g/mol. The van der Waals surface area contributed by atoms with E-state index in [-0.39, 0.29) is 24.2 Å². The second-order valence-electron chi connectivity index (χ2n) is 5.00. The summed E-state index contributed by atoms with van der Waals surface area (Å²) in [5.74, 6) is -0.111. The van der Waals surface area contributed by atoms with E-state index in [1.165, 1.54) is 18.2 Å². The Labute approximate surface area is 113 Å². The average molecular weight is 268 g/mol. The van der Waals surface area contributed by atoms with Gasteiger partial charge in [-0.25, -0.2) is 4.39 Å². The first-order valence-corrected chi connectivity index (χ1v) is 6.38. The minimum Gasteiger partial charge on any atom is -0.508 e. The molecule has 0 radical (unpaired) electrons. The Kier molecular flexibility index (Phi) is 5.76. The molecule has 4 nitrogen and oxygen atoms in total. The van der Waals surface area contributed by atoms with Crippen LogP contribution in [0.1, 0.15) is 32.4 Å².